The van der Waals surface area contributed by atoms with Crippen molar-refractivity contribution in [2.24, 2.45) is 40.6 Å². The van der Waals surface area contributed by atoms with Crippen LogP contribution >= 0.6 is 0 Å². The van der Waals surface area contributed by atoms with E-state index in [0.29, 0.717) is 23.7 Å². The average Bonchev–Trinajstić information content (AvgIpc) is 3.15. The van der Waals surface area contributed by atoms with Gasteiger partial charge in [-0.2, -0.15) is 0 Å². The van der Waals surface area contributed by atoms with Gasteiger partial charge in [0, 0.05) is 18.1 Å². The number of piperidine rings is 1. The highest BCUT2D eigenvalue weighted by Gasteiger charge is 2.64. The van der Waals surface area contributed by atoms with E-state index >= 15 is 0 Å². The fourth-order valence-electron chi connectivity index (χ4n) is 9.58. The molecule has 3 saturated carbocycles. The Bertz CT molecular complexity index is 670. The third-order valence-electron chi connectivity index (χ3n) is 10.7. The molecule has 3 aliphatic carbocycles. The normalized spacial score (nSPS) is 47.7. The highest BCUT2D eigenvalue weighted by Crippen LogP contribution is 2.63. The molecule has 0 aromatic carbocycles. The molecule has 5 nitrogen and oxygen atoms in total. The zero-order valence-electron chi connectivity index (χ0n) is 20.7. The number of rotatable bonds is 5. The average molecular weight is 448 g/mol. The molecule has 0 radical (unpaired) electrons. The predicted octanol–water partition coefficient (Wildman–Crippen LogP) is 4.07. The van der Waals surface area contributed by atoms with Gasteiger partial charge in [-0.3, -0.25) is 0 Å². The number of nitrogens with two attached hydrogens (primary N) is 2. The molecule has 0 amide bonds. The summed E-state index contributed by atoms with van der Waals surface area (Å²) in [5, 5.41) is 13.4. The van der Waals surface area contributed by atoms with Gasteiger partial charge in [0.2, 0.25) is 0 Å². The molecule has 6 N–H and O–H groups in total. The molecule has 7 unspecified atom stereocenters. The Kier molecular flexibility index (Phi) is 6.24. The van der Waals surface area contributed by atoms with Crippen LogP contribution in [0.1, 0.15) is 104 Å². The van der Waals surface area contributed by atoms with Crippen LogP contribution in [0.4, 0.5) is 0 Å². The molecule has 2 bridgehead atoms. The summed E-state index contributed by atoms with van der Waals surface area (Å²) in [6.45, 7) is 5.82. The number of fused-ring (bicyclic) bond motifs is 3. The molecule has 6 aliphatic rings. The van der Waals surface area contributed by atoms with Crippen molar-refractivity contribution in [3.8, 4) is 0 Å². The van der Waals surface area contributed by atoms with Crippen LogP contribution in [0.5, 0.6) is 0 Å². The fourth-order valence-corrected chi connectivity index (χ4v) is 9.58. The van der Waals surface area contributed by atoms with Crippen LogP contribution in [0, 0.1) is 29.1 Å². The van der Waals surface area contributed by atoms with Crippen molar-refractivity contribution in [3.63, 3.8) is 0 Å². The van der Waals surface area contributed by atoms with Crippen molar-refractivity contribution < 1.29 is 9.84 Å². The molecule has 5 heteroatoms. The van der Waals surface area contributed by atoms with Crippen molar-refractivity contribution in [2.75, 3.05) is 13.2 Å². The van der Waals surface area contributed by atoms with Gasteiger partial charge in [0.25, 0.3) is 0 Å². The van der Waals surface area contributed by atoms with Gasteiger partial charge in [0.1, 0.15) is 0 Å². The standard InChI is InChI=1S/C27H49N3O2/c1-24(2)22-7-10-27(32-24,18-26(22,29)11-12-31)21-14-20(13-19-5-6-23(28)30-17-19)15-25(16-21)8-3-4-9-25/h19-23,30-31H,3-18,28-29H2,1-2H3. The number of hydrogen-bond acceptors (Lipinski definition) is 5. The molecule has 3 aliphatic heterocycles. The van der Waals surface area contributed by atoms with Gasteiger partial charge in [-0.1, -0.05) is 12.8 Å². The molecular weight excluding hydrogens is 398 g/mol. The Morgan fingerprint density at radius 1 is 1.03 bits per heavy atom. The molecule has 184 valence electrons. The van der Waals surface area contributed by atoms with E-state index in [1.165, 1.54) is 64.2 Å². The fraction of sp³-hybridized carbons (Fsp3) is 1.00. The van der Waals surface area contributed by atoms with Crippen LogP contribution in [0.25, 0.3) is 0 Å². The van der Waals surface area contributed by atoms with E-state index < -0.39 is 0 Å². The van der Waals surface area contributed by atoms with Crippen LogP contribution in [0.15, 0.2) is 0 Å². The molecule has 0 aromatic rings. The van der Waals surface area contributed by atoms with Crippen molar-refractivity contribution in [1.29, 1.82) is 0 Å². The molecule has 3 saturated heterocycles. The Labute approximate surface area is 195 Å². The summed E-state index contributed by atoms with van der Waals surface area (Å²) in [6, 6.07) is 0. The summed E-state index contributed by atoms with van der Waals surface area (Å²) in [7, 11) is 0. The lowest BCUT2D eigenvalue weighted by atomic mass is 9.51. The van der Waals surface area contributed by atoms with Crippen LogP contribution in [-0.2, 0) is 4.74 Å². The van der Waals surface area contributed by atoms with Crippen molar-refractivity contribution in [2.45, 2.75) is 127 Å². The second-order valence-electron chi connectivity index (χ2n) is 13.4. The van der Waals surface area contributed by atoms with Crippen LogP contribution in [0.2, 0.25) is 0 Å². The van der Waals surface area contributed by atoms with Gasteiger partial charge >= 0.3 is 0 Å². The highest BCUT2D eigenvalue weighted by molar-refractivity contribution is 5.16. The van der Waals surface area contributed by atoms with Crippen molar-refractivity contribution in [1.82, 2.24) is 5.32 Å². The highest BCUT2D eigenvalue weighted by atomic mass is 16.5. The summed E-state index contributed by atoms with van der Waals surface area (Å²) in [5.74, 6) is 2.54. The van der Waals surface area contributed by atoms with Gasteiger partial charge in [0.15, 0.2) is 0 Å². The van der Waals surface area contributed by atoms with Crippen LogP contribution in [0.3, 0.4) is 0 Å². The van der Waals surface area contributed by atoms with Gasteiger partial charge in [-0.05, 0) is 121 Å². The minimum absolute atomic E-state index is 0.0937. The number of hydrogen-bond donors (Lipinski definition) is 4. The van der Waals surface area contributed by atoms with Crippen molar-refractivity contribution >= 4 is 0 Å². The maximum Gasteiger partial charge on any atom is 0.0736 e. The van der Waals surface area contributed by atoms with Gasteiger partial charge in [-0.15, -0.1) is 0 Å². The quantitative estimate of drug-likeness (QED) is 0.510. The second-order valence-corrected chi connectivity index (χ2v) is 13.4. The summed E-state index contributed by atoms with van der Waals surface area (Å²) >= 11 is 0. The number of aliphatic hydroxyl groups excluding tert-OH is 1. The first-order valence-corrected chi connectivity index (χ1v) is 13.8. The molecule has 3 heterocycles. The minimum atomic E-state index is -0.284. The van der Waals surface area contributed by atoms with E-state index in [1.54, 1.807) is 0 Å². The lowest BCUT2D eigenvalue weighted by Crippen LogP contribution is -2.72. The van der Waals surface area contributed by atoms with Crippen molar-refractivity contribution in [3.05, 3.63) is 0 Å². The molecule has 6 fully saturated rings. The molecule has 6 rings (SSSR count). The maximum absolute atomic E-state index is 9.85. The predicted molar refractivity (Wildman–Crippen MR) is 129 cm³/mol. The third kappa shape index (κ3) is 4.19. The van der Waals surface area contributed by atoms with Gasteiger partial charge < -0.3 is 26.6 Å². The van der Waals surface area contributed by atoms with E-state index in [0.717, 1.165) is 37.6 Å². The lowest BCUT2D eigenvalue weighted by Gasteiger charge is -2.66. The Hall–Kier alpha value is -0.200. The zero-order chi connectivity index (χ0) is 22.6. The Balaban J connectivity index is 1.39. The van der Waals surface area contributed by atoms with E-state index in [9.17, 15) is 5.11 Å². The summed E-state index contributed by atoms with van der Waals surface area (Å²) < 4.78 is 7.11. The first-order valence-electron chi connectivity index (χ1n) is 13.8. The van der Waals surface area contributed by atoms with Gasteiger partial charge in [0.05, 0.1) is 17.4 Å². The molecular formula is C27H49N3O2. The molecule has 32 heavy (non-hydrogen) atoms. The number of nitrogens with one attached hydrogen (secondary N) is 1. The number of ether oxygens (including phenoxy) is 1. The second kappa shape index (κ2) is 8.48. The smallest absolute Gasteiger partial charge is 0.0736 e. The molecule has 0 aromatic heterocycles. The summed E-state index contributed by atoms with van der Waals surface area (Å²) in [6.07, 6.45) is 17.6. The van der Waals surface area contributed by atoms with E-state index in [4.69, 9.17) is 16.2 Å². The Morgan fingerprint density at radius 2 is 1.81 bits per heavy atom. The first-order chi connectivity index (χ1) is 15.2. The SMILES string of the molecule is CC1(C)OC2(C3CC(CC4CCC(N)NC4)CC4(CCCC4)C3)CCC1C(N)(CCO)C2. The Morgan fingerprint density at radius 3 is 2.47 bits per heavy atom. The van der Waals surface area contributed by atoms with E-state index in [2.05, 4.69) is 19.2 Å². The largest absolute Gasteiger partial charge is 0.396 e. The number of aliphatic hydroxyl groups is 1. The zero-order valence-corrected chi connectivity index (χ0v) is 20.7. The topological polar surface area (TPSA) is 93.5 Å². The van der Waals surface area contributed by atoms with Crippen LogP contribution < -0.4 is 16.8 Å². The summed E-state index contributed by atoms with van der Waals surface area (Å²) in [4.78, 5) is 0. The molecule has 7 atom stereocenters. The van der Waals surface area contributed by atoms with Gasteiger partial charge in [-0.25, -0.2) is 0 Å². The minimum Gasteiger partial charge on any atom is -0.396 e. The van der Waals surface area contributed by atoms with Crippen LogP contribution in [-0.4, -0.2) is 41.2 Å². The first kappa shape index (κ1) is 23.5. The lowest BCUT2D eigenvalue weighted by molar-refractivity contribution is -0.291. The maximum atomic E-state index is 9.85. The van der Waals surface area contributed by atoms with E-state index in [1.807, 2.05) is 0 Å². The molecule has 1 spiro atoms. The monoisotopic (exact) mass is 447 g/mol. The van der Waals surface area contributed by atoms with E-state index in [-0.39, 0.29) is 29.5 Å². The summed E-state index contributed by atoms with van der Waals surface area (Å²) in [5.41, 5.74) is 13.2. The third-order valence-corrected chi connectivity index (χ3v) is 10.7.